The van der Waals surface area contributed by atoms with E-state index in [4.69, 9.17) is 15.6 Å². The van der Waals surface area contributed by atoms with Crippen molar-refractivity contribution in [2.45, 2.75) is 25.0 Å². The van der Waals surface area contributed by atoms with Gasteiger partial charge >= 0.3 is 11.9 Å². The lowest BCUT2D eigenvalue weighted by Gasteiger charge is -2.28. The summed E-state index contributed by atoms with van der Waals surface area (Å²) >= 11 is 1.60. The Morgan fingerprint density at radius 3 is 2.37 bits per heavy atom. The number of nitrogens with two attached hydrogens (primary N) is 1. The molecule has 0 aromatic rings. The zero-order valence-corrected chi connectivity index (χ0v) is 12.9. The van der Waals surface area contributed by atoms with Crippen LogP contribution in [0.5, 0.6) is 0 Å². The van der Waals surface area contributed by atoms with Crippen LogP contribution in [0.3, 0.4) is 0 Å². The molecule has 0 aromatic heterocycles. The highest BCUT2D eigenvalue weighted by Crippen LogP contribution is 2.08. The van der Waals surface area contributed by atoms with Gasteiger partial charge in [0.1, 0.15) is 12.6 Å². The van der Waals surface area contributed by atoms with Gasteiger partial charge in [0.15, 0.2) is 6.10 Å². The van der Waals surface area contributed by atoms with Gasteiger partial charge in [0.25, 0.3) is 0 Å². The van der Waals surface area contributed by atoms with Gasteiger partial charge in [-0.1, -0.05) is 0 Å². The van der Waals surface area contributed by atoms with Crippen LogP contribution in [-0.4, -0.2) is 73.4 Å². The molecule has 7 heteroatoms. The van der Waals surface area contributed by atoms with Crippen molar-refractivity contribution in [2.75, 3.05) is 39.7 Å². The van der Waals surface area contributed by atoms with Crippen molar-refractivity contribution in [1.29, 1.82) is 0 Å². The number of hydrogen-bond acceptors (Lipinski definition) is 5. The Bertz CT molecular complexity index is 305. The number of rotatable bonds is 9. The van der Waals surface area contributed by atoms with Gasteiger partial charge < -0.3 is 20.1 Å². The van der Waals surface area contributed by atoms with Crippen molar-refractivity contribution in [3.63, 3.8) is 0 Å². The summed E-state index contributed by atoms with van der Waals surface area (Å²) in [5, 5.41) is 8.84. The normalized spacial score (nSPS) is 14.8. The molecule has 0 radical (unpaired) electrons. The summed E-state index contributed by atoms with van der Waals surface area (Å²) in [5.74, 6) is -0.729. The fourth-order valence-electron chi connectivity index (χ4n) is 1.56. The molecule has 19 heavy (non-hydrogen) atoms. The zero-order chi connectivity index (χ0) is 15.1. The number of ether oxygens (including phenoxy) is 1. The first-order valence-corrected chi connectivity index (χ1v) is 7.52. The molecule has 0 fully saturated rings. The number of carboxylic acids is 1. The Hall–Kier alpha value is -0.790. The summed E-state index contributed by atoms with van der Waals surface area (Å²) in [6.45, 7) is 0.438. The number of hydrogen-bond donors (Lipinski definition) is 2. The summed E-state index contributed by atoms with van der Waals surface area (Å²) in [5.41, 5.74) is 5.71. The van der Waals surface area contributed by atoms with Crippen molar-refractivity contribution in [2.24, 2.45) is 5.73 Å². The minimum Gasteiger partial charge on any atom is -0.481 e. The van der Waals surface area contributed by atoms with Crippen molar-refractivity contribution in [1.82, 2.24) is 0 Å². The molecule has 0 aliphatic rings. The number of carbonyl (C=O) groups is 2. The van der Waals surface area contributed by atoms with Gasteiger partial charge in [0, 0.05) is 0 Å². The predicted molar refractivity (Wildman–Crippen MR) is 76.0 cm³/mol. The summed E-state index contributed by atoms with van der Waals surface area (Å²) in [6, 6.07) is -0.684. The fraction of sp³-hybridized carbons (Fsp3) is 0.833. The van der Waals surface area contributed by atoms with Gasteiger partial charge in [-0.15, -0.1) is 0 Å². The van der Waals surface area contributed by atoms with Crippen LogP contribution in [0.2, 0.25) is 0 Å². The highest BCUT2D eigenvalue weighted by atomic mass is 32.2. The molecule has 2 atom stereocenters. The zero-order valence-electron chi connectivity index (χ0n) is 12.1. The molecule has 6 nitrogen and oxygen atoms in total. The lowest BCUT2D eigenvalue weighted by Crippen LogP contribution is -2.45. The fourth-order valence-corrected chi connectivity index (χ4v) is 2.05. The Labute approximate surface area is 118 Å². The van der Waals surface area contributed by atoms with Gasteiger partial charge in [-0.25, -0.2) is 0 Å². The third kappa shape index (κ3) is 9.75. The van der Waals surface area contributed by atoms with Gasteiger partial charge in [-0.3, -0.25) is 9.59 Å². The summed E-state index contributed by atoms with van der Waals surface area (Å²) in [6.07, 6.45) is 1.62. The number of carbonyl (C=O) groups excluding carboxylic acids is 1. The molecular weight excluding hydrogens is 268 g/mol. The van der Waals surface area contributed by atoms with E-state index in [2.05, 4.69) is 0 Å². The summed E-state index contributed by atoms with van der Waals surface area (Å²) in [4.78, 5) is 22.6. The lowest BCUT2D eigenvalue weighted by atomic mass is 10.2. The Morgan fingerprint density at radius 1 is 1.37 bits per heavy atom. The SMILES string of the molecule is CSCC[C@H](N)C(=O)O[C@@H](CC(=O)O)C[N+](C)(C)C. The molecular formula is C12H25N2O4S+. The molecule has 0 saturated heterocycles. The number of thioether (sulfide) groups is 1. The summed E-state index contributed by atoms with van der Waals surface area (Å²) in [7, 11) is 5.74. The molecule has 0 aliphatic carbocycles. The van der Waals surface area contributed by atoms with Gasteiger partial charge in [0.05, 0.1) is 27.6 Å². The van der Waals surface area contributed by atoms with Crippen molar-refractivity contribution in [3.05, 3.63) is 0 Å². The average Bonchev–Trinajstić information content (AvgIpc) is 2.22. The van der Waals surface area contributed by atoms with E-state index >= 15 is 0 Å². The van der Waals surface area contributed by atoms with Crippen LogP contribution in [0.25, 0.3) is 0 Å². The molecule has 0 rings (SSSR count). The van der Waals surface area contributed by atoms with Crippen LogP contribution in [0.15, 0.2) is 0 Å². The number of quaternary nitrogens is 1. The first-order chi connectivity index (χ1) is 8.65. The lowest BCUT2D eigenvalue weighted by molar-refractivity contribution is -0.873. The monoisotopic (exact) mass is 293 g/mol. The first kappa shape index (κ1) is 18.2. The van der Waals surface area contributed by atoms with Gasteiger partial charge in [-0.2, -0.15) is 11.8 Å². The third-order valence-electron chi connectivity index (χ3n) is 2.37. The van der Waals surface area contributed by atoms with Crippen LogP contribution in [-0.2, 0) is 14.3 Å². The largest absolute Gasteiger partial charge is 0.481 e. The summed E-state index contributed by atoms with van der Waals surface area (Å²) < 4.78 is 5.75. The van der Waals surface area contributed by atoms with Crippen LogP contribution in [0.4, 0.5) is 0 Å². The van der Waals surface area contributed by atoms with Crippen LogP contribution in [0, 0.1) is 0 Å². The number of nitrogens with zero attached hydrogens (tertiary/aromatic N) is 1. The van der Waals surface area contributed by atoms with E-state index in [1.807, 2.05) is 27.4 Å². The van der Waals surface area contributed by atoms with E-state index < -0.39 is 24.1 Å². The minimum absolute atomic E-state index is 0.198. The maximum Gasteiger partial charge on any atom is 0.323 e. The van der Waals surface area contributed by atoms with E-state index in [1.54, 1.807) is 11.8 Å². The Balaban J connectivity index is 4.45. The molecule has 3 N–H and O–H groups in total. The third-order valence-corrected chi connectivity index (χ3v) is 3.02. The van der Waals surface area contributed by atoms with Crippen molar-refractivity contribution in [3.8, 4) is 0 Å². The Morgan fingerprint density at radius 2 is 1.95 bits per heavy atom. The number of carboxylic acid groups (broad SMARTS) is 1. The maximum absolute atomic E-state index is 11.8. The predicted octanol–water partition coefficient (Wildman–Crippen LogP) is 0.160. The van der Waals surface area contributed by atoms with E-state index in [-0.39, 0.29) is 6.42 Å². The maximum atomic E-state index is 11.8. The van der Waals surface area contributed by atoms with E-state index in [0.29, 0.717) is 17.4 Å². The van der Waals surface area contributed by atoms with Crippen LogP contribution in [0.1, 0.15) is 12.8 Å². The molecule has 0 unspecified atom stereocenters. The minimum atomic E-state index is -0.982. The van der Waals surface area contributed by atoms with Crippen molar-refractivity contribution >= 4 is 23.7 Å². The second kappa shape index (κ2) is 8.39. The quantitative estimate of drug-likeness (QED) is 0.465. The number of likely N-dealkylation sites (N-methyl/N-ethyl adjacent to an activating group) is 1. The van der Waals surface area contributed by atoms with Crippen molar-refractivity contribution < 1.29 is 23.9 Å². The first-order valence-electron chi connectivity index (χ1n) is 6.13. The highest BCUT2D eigenvalue weighted by Gasteiger charge is 2.26. The topological polar surface area (TPSA) is 89.6 Å². The molecule has 0 amide bonds. The smallest absolute Gasteiger partial charge is 0.323 e. The standard InChI is InChI=1S/C12H24N2O4S/c1-14(2,3)8-9(7-11(15)16)18-12(17)10(13)5-6-19-4/h9-10H,5-8,13H2,1-4H3/p+1/t9-,10-/m0/s1. The molecule has 0 saturated carbocycles. The van der Waals surface area contributed by atoms with E-state index in [1.165, 1.54) is 0 Å². The van der Waals surface area contributed by atoms with Crippen LogP contribution < -0.4 is 5.73 Å². The van der Waals surface area contributed by atoms with Gasteiger partial charge in [-0.05, 0) is 18.4 Å². The molecule has 0 aliphatic heterocycles. The van der Waals surface area contributed by atoms with E-state index in [0.717, 1.165) is 5.75 Å². The van der Waals surface area contributed by atoms with E-state index in [9.17, 15) is 9.59 Å². The average molecular weight is 293 g/mol. The highest BCUT2D eigenvalue weighted by molar-refractivity contribution is 7.98. The van der Waals surface area contributed by atoms with Gasteiger partial charge in [0.2, 0.25) is 0 Å². The molecule has 0 heterocycles. The molecule has 0 bridgehead atoms. The number of aliphatic carboxylic acids is 1. The second-order valence-electron chi connectivity index (χ2n) is 5.52. The van der Waals surface area contributed by atoms with Crippen LogP contribution >= 0.6 is 11.8 Å². The molecule has 0 aromatic carbocycles. The second-order valence-corrected chi connectivity index (χ2v) is 6.50. The number of esters is 1. The molecule has 0 spiro atoms. The Kier molecular flexibility index (Phi) is 8.05. The molecule has 112 valence electrons.